The molecule has 0 saturated carbocycles. The summed E-state index contributed by atoms with van der Waals surface area (Å²) in [4.78, 5) is 16.9. The quantitative estimate of drug-likeness (QED) is 0.642. The van der Waals surface area contributed by atoms with E-state index in [1.807, 2.05) is 25.5 Å². The lowest BCUT2D eigenvalue weighted by Crippen LogP contribution is -2.14. The standard InChI is InChI=1S/C17H14ClFN2OS/c1-9-7-13-14(8-10(9)2)23-17(21(13)3)20-16(22)15-11(18)5-4-6-12(15)19/h4-8H,1-3H3. The summed E-state index contributed by atoms with van der Waals surface area (Å²) in [7, 11) is 1.84. The van der Waals surface area contributed by atoms with Gasteiger partial charge < -0.3 is 4.57 Å². The van der Waals surface area contributed by atoms with E-state index in [4.69, 9.17) is 11.6 Å². The molecule has 0 bridgehead atoms. The second kappa shape index (κ2) is 5.91. The number of fused-ring (bicyclic) bond motifs is 1. The van der Waals surface area contributed by atoms with Crippen LogP contribution in [0.2, 0.25) is 5.02 Å². The van der Waals surface area contributed by atoms with Gasteiger partial charge in [0.2, 0.25) is 0 Å². The van der Waals surface area contributed by atoms with E-state index in [-0.39, 0.29) is 10.6 Å². The van der Waals surface area contributed by atoms with E-state index in [0.717, 1.165) is 10.2 Å². The predicted molar refractivity (Wildman–Crippen MR) is 91.6 cm³/mol. The summed E-state index contributed by atoms with van der Waals surface area (Å²) in [5.74, 6) is -1.34. The minimum atomic E-state index is -0.677. The molecular formula is C17H14ClFN2OS. The third kappa shape index (κ3) is 2.82. The highest BCUT2D eigenvalue weighted by Crippen LogP contribution is 2.22. The maximum Gasteiger partial charge on any atom is 0.284 e. The highest BCUT2D eigenvalue weighted by Gasteiger charge is 2.15. The number of aryl methyl sites for hydroxylation is 3. The molecule has 3 aromatic rings. The van der Waals surface area contributed by atoms with Gasteiger partial charge in [0, 0.05) is 7.05 Å². The molecule has 118 valence electrons. The number of amides is 1. The van der Waals surface area contributed by atoms with Gasteiger partial charge in [-0.2, -0.15) is 4.99 Å². The third-order valence-electron chi connectivity index (χ3n) is 3.80. The van der Waals surface area contributed by atoms with Crippen molar-refractivity contribution in [2.24, 2.45) is 12.0 Å². The van der Waals surface area contributed by atoms with Gasteiger partial charge in [0.1, 0.15) is 5.82 Å². The summed E-state index contributed by atoms with van der Waals surface area (Å²) in [6.45, 7) is 4.07. The number of carbonyl (C=O) groups excluding carboxylic acids is 1. The summed E-state index contributed by atoms with van der Waals surface area (Å²) in [5, 5.41) is 0.0641. The minimum absolute atomic E-state index is 0.0641. The molecule has 1 amide bonds. The van der Waals surface area contributed by atoms with E-state index < -0.39 is 11.7 Å². The van der Waals surface area contributed by atoms with Gasteiger partial charge >= 0.3 is 0 Å². The van der Waals surface area contributed by atoms with Crippen LogP contribution in [0.3, 0.4) is 0 Å². The van der Waals surface area contributed by atoms with Gasteiger partial charge in [0.05, 0.1) is 20.8 Å². The molecule has 0 radical (unpaired) electrons. The van der Waals surface area contributed by atoms with E-state index in [2.05, 4.69) is 17.1 Å². The zero-order valence-corrected chi connectivity index (χ0v) is 14.4. The predicted octanol–water partition coefficient (Wildman–Crippen LogP) is 4.39. The second-order valence-corrected chi connectivity index (χ2v) is 6.78. The van der Waals surface area contributed by atoms with Crippen LogP contribution < -0.4 is 4.80 Å². The first-order valence-corrected chi connectivity index (χ1v) is 8.18. The summed E-state index contributed by atoms with van der Waals surface area (Å²) in [6, 6.07) is 8.26. The average Bonchev–Trinajstić information content (AvgIpc) is 2.76. The van der Waals surface area contributed by atoms with Crippen LogP contribution in [-0.4, -0.2) is 10.5 Å². The van der Waals surface area contributed by atoms with Gasteiger partial charge in [0.25, 0.3) is 5.91 Å². The summed E-state index contributed by atoms with van der Waals surface area (Å²) in [5.41, 5.74) is 3.14. The first-order chi connectivity index (χ1) is 10.9. The van der Waals surface area contributed by atoms with Crippen molar-refractivity contribution in [1.82, 2.24) is 4.57 Å². The molecular weight excluding hydrogens is 335 g/mol. The molecule has 3 rings (SSSR count). The number of aromatic nitrogens is 1. The Morgan fingerprint density at radius 2 is 1.96 bits per heavy atom. The van der Waals surface area contributed by atoms with Crippen molar-refractivity contribution in [1.29, 1.82) is 0 Å². The highest BCUT2D eigenvalue weighted by atomic mass is 35.5. The van der Waals surface area contributed by atoms with Gasteiger partial charge in [-0.1, -0.05) is 29.0 Å². The number of halogens is 2. The van der Waals surface area contributed by atoms with E-state index in [9.17, 15) is 9.18 Å². The maximum absolute atomic E-state index is 13.8. The van der Waals surface area contributed by atoms with E-state index in [1.165, 1.54) is 40.7 Å². The van der Waals surface area contributed by atoms with Crippen molar-refractivity contribution in [3.05, 3.63) is 62.7 Å². The molecule has 1 heterocycles. The first-order valence-electron chi connectivity index (χ1n) is 6.98. The summed E-state index contributed by atoms with van der Waals surface area (Å²) in [6.07, 6.45) is 0. The summed E-state index contributed by atoms with van der Waals surface area (Å²) < 4.78 is 16.7. The van der Waals surface area contributed by atoms with Crippen LogP contribution in [0.5, 0.6) is 0 Å². The number of nitrogens with zero attached hydrogens (tertiary/aromatic N) is 2. The Labute approximate surface area is 141 Å². The van der Waals surface area contributed by atoms with Crippen LogP contribution in [0, 0.1) is 19.7 Å². The van der Waals surface area contributed by atoms with Crippen molar-refractivity contribution in [2.45, 2.75) is 13.8 Å². The van der Waals surface area contributed by atoms with Crippen molar-refractivity contribution in [3.63, 3.8) is 0 Å². The van der Waals surface area contributed by atoms with Crippen LogP contribution in [0.15, 0.2) is 35.3 Å². The van der Waals surface area contributed by atoms with Crippen LogP contribution >= 0.6 is 22.9 Å². The van der Waals surface area contributed by atoms with E-state index in [1.54, 1.807) is 0 Å². The monoisotopic (exact) mass is 348 g/mol. The van der Waals surface area contributed by atoms with Gasteiger partial charge in [-0.15, -0.1) is 0 Å². The molecule has 0 aliphatic rings. The molecule has 3 nitrogen and oxygen atoms in total. The minimum Gasteiger partial charge on any atom is -0.319 e. The third-order valence-corrected chi connectivity index (χ3v) is 5.21. The van der Waals surface area contributed by atoms with Gasteiger partial charge in [-0.3, -0.25) is 4.79 Å². The molecule has 0 N–H and O–H groups in total. The molecule has 2 aromatic carbocycles. The van der Waals surface area contributed by atoms with Crippen molar-refractivity contribution >= 4 is 39.1 Å². The number of carbonyl (C=O) groups is 1. The van der Waals surface area contributed by atoms with Gasteiger partial charge in [-0.25, -0.2) is 4.39 Å². The number of thiazole rings is 1. The molecule has 0 atom stereocenters. The Morgan fingerprint density at radius 3 is 2.65 bits per heavy atom. The number of hydrogen-bond acceptors (Lipinski definition) is 2. The zero-order chi connectivity index (χ0) is 16.7. The van der Waals surface area contributed by atoms with Crippen LogP contribution in [0.25, 0.3) is 10.2 Å². The molecule has 6 heteroatoms. The molecule has 0 unspecified atom stereocenters. The molecule has 0 spiro atoms. The first kappa shape index (κ1) is 15.9. The fraction of sp³-hybridized carbons (Fsp3) is 0.176. The largest absolute Gasteiger partial charge is 0.319 e. The van der Waals surface area contributed by atoms with Crippen molar-refractivity contribution in [3.8, 4) is 0 Å². The van der Waals surface area contributed by atoms with E-state index in [0.29, 0.717) is 4.80 Å². The lowest BCUT2D eigenvalue weighted by Gasteiger charge is -2.01. The SMILES string of the molecule is Cc1cc2sc(=NC(=O)c3c(F)cccc3Cl)n(C)c2cc1C. The Bertz CT molecular complexity index is 983. The van der Waals surface area contributed by atoms with E-state index >= 15 is 0 Å². The fourth-order valence-electron chi connectivity index (χ4n) is 2.33. The Balaban J connectivity index is 2.18. The lowest BCUT2D eigenvalue weighted by atomic mass is 10.1. The molecule has 23 heavy (non-hydrogen) atoms. The smallest absolute Gasteiger partial charge is 0.284 e. The van der Waals surface area contributed by atoms with Crippen molar-refractivity contribution in [2.75, 3.05) is 0 Å². The number of rotatable bonds is 1. The van der Waals surface area contributed by atoms with Gasteiger partial charge in [0.15, 0.2) is 4.80 Å². The molecule has 0 saturated heterocycles. The molecule has 1 aromatic heterocycles. The van der Waals surface area contributed by atoms with Crippen LogP contribution in [0.1, 0.15) is 21.5 Å². The Hall–Kier alpha value is -1.98. The second-order valence-electron chi connectivity index (χ2n) is 5.36. The fourth-order valence-corrected chi connectivity index (χ4v) is 3.67. The lowest BCUT2D eigenvalue weighted by molar-refractivity contribution is 0.0994. The summed E-state index contributed by atoms with van der Waals surface area (Å²) >= 11 is 7.32. The van der Waals surface area contributed by atoms with Crippen LogP contribution in [-0.2, 0) is 7.05 Å². The average molecular weight is 349 g/mol. The molecule has 0 fully saturated rings. The van der Waals surface area contributed by atoms with Crippen molar-refractivity contribution < 1.29 is 9.18 Å². The number of hydrogen-bond donors (Lipinski definition) is 0. The van der Waals surface area contributed by atoms with Gasteiger partial charge in [-0.05, 0) is 49.2 Å². The Morgan fingerprint density at radius 1 is 1.26 bits per heavy atom. The van der Waals surface area contributed by atoms with Crippen LogP contribution in [0.4, 0.5) is 4.39 Å². The zero-order valence-electron chi connectivity index (χ0n) is 12.9. The topological polar surface area (TPSA) is 34.4 Å². The molecule has 0 aliphatic carbocycles. The highest BCUT2D eigenvalue weighted by molar-refractivity contribution is 7.16. The maximum atomic E-state index is 13.8. The normalized spacial score (nSPS) is 12.1. The molecule has 0 aliphatic heterocycles. The Kier molecular flexibility index (Phi) is 4.08. The number of benzene rings is 2.